The Balaban J connectivity index is 2.17. The Labute approximate surface area is 367 Å². The molecule has 0 spiro atoms. The van der Waals surface area contributed by atoms with Gasteiger partial charge in [0.15, 0.2) is 6.29 Å². The highest BCUT2D eigenvalue weighted by atomic mass is 16.7. The lowest BCUT2D eigenvalue weighted by molar-refractivity contribution is -0.303. The number of carbonyl (C=O) groups excluding carboxylic acids is 1. The van der Waals surface area contributed by atoms with Crippen molar-refractivity contribution in [3.05, 3.63) is 0 Å². The number of unbranched alkanes of at least 4 members (excludes halogenated alkanes) is 31. The van der Waals surface area contributed by atoms with E-state index in [1.165, 1.54) is 148 Å². The second-order valence-electron chi connectivity index (χ2n) is 18.3. The normalized spacial score (nSPS) is 21.5. The third kappa shape index (κ3) is 28.7. The maximum absolute atomic E-state index is 13.0. The zero-order chi connectivity index (χ0) is 44.1. The van der Waals surface area contributed by atoms with E-state index < -0.39 is 74.2 Å². The molecule has 8 N–H and O–H groups in total. The molecule has 1 rings (SSSR count). The van der Waals surface area contributed by atoms with Gasteiger partial charge in [0.1, 0.15) is 36.6 Å². The SMILES string of the molecule is CCCCCCCCCCCCCCCCCCCCCCCCCCCCCC(O)C(=O)NC(COC1OC(CO)C(O)C(O)C1O)C(O)C(O)CCCCCCCC. The maximum Gasteiger partial charge on any atom is 0.249 e. The first-order chi connectivity index (χ1) is 29.2. The van der Waals surface area contributed by atoms with Crippen LogP contribution in [0, 0.1) is 0 Å². The first-order valence-corrected chi connectivity index (χ1v) is 25.4. The van der Waals surface area contributed by atoms with E-state index in [0.29, 0.717) is 19.3 Å². The van der Waals surface area contributed by atoms with Crippen LogP contribution in [0.3, 0.4) is 0 Å². The van der Waals surface area contributed by atoms with Crippen molar-refractivity contribution in [2.45, 2.75) is 294 Å². The molecule has 9 atom stereocenters. The Hall–Kier alpha value is -0.890. The second kappa shape index (κ2) is 39.7. The number of hydrogen-bond acceptors (Lipinski definition) is 10. The Morgan fingerprint density at radius 1 is 0.517 bits per heavy atom. The van der Waals surface area contributed by atoms with Gasteiger partial charge in [0.25, 0.3) is 0 Å². The average Bonchev–Trinajstić information content (AvgIpc) is 3.25. The Morgan fingerprint density at radius 2 is 0.867 bits per heavy atom. The van der Waals surface area contributed by atoms with Gasteiger partial charge in [-0.2, -0.15) is 0 Å². The van der Waals surface area contributed by atoms with E-state index in [-0.39, 0.29) is 6.42 Å². The largest absolute Gasteiger partial charge is 0.394 e. The van der Waals surface area contributed by atoms with E-state index in [1.807, 2.05) is 0 Å². The summed E-state index contributed by atoms with van der Waals surface area (Å²) in [5.41, 5.74) is 0. The van der Waals surface area contributed by atoms with Gasteiger partial charge in [0.2, 0.25) is 5.91 Å². The van der Waals surface area contributed by atoms with E-state index >= 15 is 0 Å². The van der Waals surface area contributed by atoms with Crippen molar-refractivity contribution >= 4 is 5.91 Å². The molecular formula is C49H97NO10. The van der Waals surface area contributed by atoms with Gasteiger partial charge in [0, 0.05) is 0 Å². The molecule has 1 saturated heterocycles. The van der Waals surface area contributed by atoms with Gasteiger partial charge in [-0.3, -0.25) is 4.79 Å². The van der Waals surface area contributed by atoms with Crippen LogP contribution in [-0.4, -0.2) is 110 Å². The highest BCUT2D eigenvalue weighted by Gasteiger charge is 2.44. The number of rotatable bonds is 43. The number of nitrogens with one attached hydrogen (secondary N) is 1. The van der Waals surface area contributed by atoms with Crippen LogP contribution in [0.5, 0.6) is 0 Å². The number of carbonyl (C=O) groups is 1. The smallest absolute Gasteiger partial charge is 0.249 e. The lowest BCUT2D eigenvalue weighted by atomic mass is 9.98. The predicted octanol–water partition coefficient (Wildman–Crippen LogP) is 9.06. The molecule has 0 aromatic carbocycles. The molecule has 0 saturated carbocycles. The van der Waals surface area contributed by atoms with E-state index in [4.69, 9.17) is 9.47 Å². The van der Waals surface area contributed by atoms with E-state index in [9.17, 15) is 40.5 Å². The standard InChI is InChI=1S/C49H97NO10/c1-3-5-7-9-11-12-13-14-15-16-17-18-19-20-21-22-23-24-25-26-27-28-29-30-31-33-35-37-42(53)48(58)50-40(44(54)41(52)36-34-32-10-8-6-4-2)39-59-49-47(57)46(56)45(55)43(38-51)60-49/h40-47,49,51-57H,3-39H2,1-2H3,(H,50,58). The van der Waals surface area contributed by atoms with Crippen LogP contribution in [0.15, 0.2) is 0 Å². The molecule has 0 aliphatic carbocycles. The fourth-order valence-corrected chi connectivity index (χ4v) is 8.44. The number of aliphatic hydroxyl groups is 7. The summed E-state index contributed by atoms with van der Waals surface area (Å²) in [5, 5.41) is 75.3. The summed E-state index contributed by atoms with van der Waals surface area (Å²) in [6.45, 7) is 3.38. The van der Waals surface area contributed by atoms with Gasteiger partial charge in [-0.05, 0) is 12.8 Å². The topological polar surface area (TPSA) is 189 Å². The Morgan fingerprint density at radius 3 is 1.23 bits per heavy atom. The zero-order valence-corrected chi connectivity index (χ0v) is 38.7. The number of aliphatic hydroxyl groups excluding tert-OH is 7. The second-order valence-corrected chi connectivity index (χ2v) is 18.3. The van der Waals surface area contributed by atoms with Crippen LogP contribution in [0.4, 0.5) is 0 Å². The molecule has 358 valence electrons. The lowest BCUT2D eigenvalue weighted by Gasteiger charge is -2.40. The minimum absolute atomic E-state index is 0.266. The van der Waals surface area contributed by atoms with Crippen molar-refractivity contribution in [1.82, 2.24) is 5.32 Å². The molecule has 1 heterocycles. The molecule has 1 aliphatic rings. The Kier molecular flexibility index (Phi) is 37.8. The van der Waals surface area contributed by atoms with Gasteiger partial charge in [-0.1, -0.05) is 226 Å². The minimum atomic E-state index is -1.65. The maximum atomic E-state index is 13.0. The first kappa shape index (κ1) is 57.1. The van der Waals surface area contributed by atoms with Crippen molar-refractivity contribution in [1.29, 1.82) is 0 Å². The van der Waals surface area contributed by atoms with Crippen LogP contribution >= 0.6 is 0 Å². The molecule has 11 heteroatoms. The summed E-state index contributed by atoms with van der Waals surface area (Å²) in [6.07, 6.45) is 30.8. The third-order valence-electron chi connectivity index (χ3n) is 12.7. The molecule has 60 heavy (non-hydrogen) atoms. The highest BCUT2D eigenvalue weighted by molar-refractivity contribution is 5.80. The molecule has 0 radical (unpaired) electrons. The number of amides is 1. The van der Waals surface area contributed by atoms with Gasteiger partial charge in [-0.15, -0.1) is 0 Å². The minimum Gasteiger partial charge on any atom is -0.394 e. The van der Waals surface area contributed by atoms with Crippen LogP contribution in [0.2, 0.25) is 0 Å². The van der Waals surface area contributed by atoms with Crippen LogP contribution in [0.25, 0.3) is 0 Å². The van der Waals surface area contributed by atoms with Gasteiger partial charge >= 0.3 is 0 Å². The Bertz CT molecular complexity index is 944. The number of hydrogen-bond donors (Lipinski definition) is 8. The summed E-state index contributed by atoms with van der Waals surface area (Å²) in [5.74, 6) is -0.696. The van der Waals surface area contributed by atoms with E-state index in [2.05, 4.69) is 19.2 Å². The van der Waals surface area contributed by atoms with Crippen LogP contribution < -0.4 is 5.32 Å². The first-order valence-electron chi connectivity index (χ1n) is 25.4. The summed E-state index contributed by atoms with van der Waals surface area (Å²) in [4.78, 5) is 13.0. The monoisotopic (exact) mass is 860 g/mol. The molecule has 1 amide bonds. The lowest BCUT2D eigenvalue weighted by Crippen LogP contribution is -2.60. The molecular weight excluding hydrogens is 763 g/mol. The summed E-state index contributed by atoms with van der Waals surface area (Å²) < 4.78 is 11.0. The van der Waals surface area contributed by atoms with E-state index in [0.717, 1.165) is 51.4 Å². The summed E-state index contributed by atoms with van der Waals surface area (Å²) >= 11 is 0. The molecule has 0 bridgehead atoms. The molecule has 0 aromatic rings. The van der Waals surface area contributed by atoms with Crippen molar-refractivity contribution < 1.29 is 50.0 Å². The molecule has 9 unspecified atom stereocenters. The van der Waals surface area contributed by atoms with Gasteiger partial charge in [-0.25, -0.2) is 0 Å². The fourth-order valence-electron chi connectivity index (χ4n) is 8.44. The molecule has 0 aromatic heterocycles. The van der Waals surface area contributed by atoms with Crippen LogP contribution in [0.1, 0.15) is 239 Å². The van der Waals surface area contributed by atoms with Gasteiger partial charge < -0.3 is 50.5 Å². The molecule has 11 nitrogen and oxygen atoms in total. The third-order valence-corrected chi connectivity index (χ3v) is 12.7. The molecule has 1 fully saturated rings. The average molecular weight is 860 g/mol. The summed E-state index contributed by atoms with van der Waals surface area (Å²) in [7, 11) is 0. The van der Waals surface area contributed by atoms with Crippen molar-refractivity contribution in [3.8, 4) is 0 Å². The van der Waals surface area contributed by atoms with Crippen molar-refractivity contribution in [2.75, 3.05) is 13.2 Å². The summed E-state index contributed by atoms with van der Waals surface area (Å²) in [6, 6.07) is -1.16. The van der Waals surface area contributed by atoms with Crippen molar-refractivity contribution in [3.63, 3.8) is 0 Å². The number of ether oxygens (including phenoxy) is 2. The predicted molar refractivity (Wildman–Crippen MR) is 243 cm³/mol. The van der Waals surface area contributed by atoms with Crippen molar-refractivity contribution in [2.24, 2.45) is 0 Å². The van der Waals surface area contributed by atoms with E-state index in [1.54, 1.807) is 0 Å². The van der Waals surface area contributed by atoms with Gasteiger partial charge in [0.05, 0.1) is 25.4 Å². The zero-order valence-electron chi connectivity index (χ0n) is 38.7. The molecule has 1 aliphatic heterocycles. The highest BCUT2D eigenvalue weighted by Crippen LogP contribution is 2.23. The van der Waals surface area contributed by atoms with Crippen LogP contribution in [-0.2, 0) is 14.3 Å². The fraction of sp³-hybridized carbons (Fsp3) is 0.980. The quantitative estimate of drug-likeness (QED) is 0.0275.